The number of anilines is 1. The highest BCUT2D eigenvalue weighted by molar-refractivity contribution is 9.10. The summed E-state index contributed by atoms with van der Waals surface area (Å²) in [6.07, 6.45) is 3.35. The van der Waals surface area contributed by atoms with Gasteiger partial charge in [-0.15, -0.1) is 0 Å². The summed E-state index contributed by atoms with van der Waals surface area (Å²) in [5, 5.41) is 2.64. The zero-order chi connectivity index (χ0) is 10.8. The van der Waals surface area contributed by atoms with E-state index < -0.39 is 0 Å². The van der Waals surface area contributed by atoms with Crippen LogP contribution in [-0.4, -0.2) is 36.0 Å². The minimum absolute atomic E-state index is 0.0837. The first kappa shape index (κ1) is 10.4. The van der Waals surface area contributed by atoms with Gasteiger partial charge in [0.25, 0.3) is 0 Å². The third-order valence-corrected chi connectivity index (χ3v) is 2.84. The molecule has 15 heavy (non-hydrogen) atoms. The van der Waals surface area contributed by atoms with Gasteiger partial charge in [0.1, 0.15) is 10.4 Å². The zero-order valence-electron chi connectivity index (χ0n) is 8.27. The van der Waals surface area contributed by atoms with Crippen LogP contribution in [0.15, 0.2) is 17.0 Å². The molecule has 0 aliphatic carbocycles. The molecule has 1 aliphatic rings. The Labute approximate surface area is 96.0 Å². The number of carbonyl (C=O) groups is 1. The van der Waals surface area contributed by atoms with E-state index in [0.717, 1.165) is 23.5 Å². The number of hydrogen-bond donors (Lipinski definition) is 1. The Morgan fingerprint density at radius 1 is 1.53 bits per heavy atom. The first-order valence-electron chi connectivity index (χ1n) is 4.65. The van der Waals surface area contributed by atoms with Gasteiger partial charge in [-0.1, -0.05) is 0 Å². The number of halogens is 1. The summed E-state index contributed by atoms with van der Waals surface area (Å²) < 4.78 is 0.717. The van der Waals surface area contributed by atoms with Gasteiger partial charge in [-0.25, -0.2) is 9.97 Å². The third kappa shape index (κ3) is 2.09. The van der Waals surface area contributed by atoms with Crippen molar-refractivity contribution >= 4 is 27.7 Å². The van der Waals surface area contributed by atoms with Crippen molar-refractivity contribution in [1.82, 2.24) is 15.3 Å². The highest BCUT2D eigenvalue weighted by Gasteiger charge is 2.32. The van der Waals surface area contributed by atoms with Crippen molar-refractivity contribution in [1.29, 1.82) is 0 Å². The van der Waals surface area contributed by atoms with Crippen LogP contribution in [0.1, 0.15) is 0 Å². The van der Waals surface area contributed by atoms with E-state index in [4.69, 9.17) is 0 Å². The summed E-state index contributed by atoms with van der Waals surface area (Å²) >= 11 is 3.22. The van der Waals surface area contributed by atoms with Gasteiger partial charge < -0.3 is 10.2 Å². The van der Waals surface area contributed by atoms with E-state index in [2.05, 4.69) is 31.2 Å². The van der Waals surface area contributed by atoms with Crippen molar-refractivity contribution in [2.75, 3.05) is 25.0 Å². The lowest BCUT2D eigenvalue weighted by Crippen LogP contribution is -2.53. The molecule has 0 radical (unpaired) electrons. The Bertz CT molecular complexity index is 361. The summed E-state index contributed by atoms with van der Waals surface area (Å²) in [6, 6.07) is 0. The van der Waals surface area contributed by atoms with Crippen molar-refractivity contribution in [2.45, 2.75) is 0 Å². The average molecular weight is 271 g/mol. The summed E-state index contributed by atoms with van der Waals surface area (Å²) in [5.41, 5.74) is 0. The van der Waals surface area contributed by atoms with E-state index in [9.17, 15) is 4.79 Å². The number of rotatable bonds is 2. The fourth-order valence-corrected chi connectivity index (χ4v) is 1.71. The van der Waals surface area contributed by atoms with Gasteiger partial charge in [-0.2, -0.15) is 0 Å². The zero-order valence-corrected chi connectivity index (χ0v) is 9.86. The van der Waals surface area contributed by atoms with Crippen molar-refractivity contribution in [3.63, 3.8) is 0 Å². The third-order valence-electron chi connectivity index (χ3n) is 2.43. The van der Waals surface area contributed by atoms with Gasteiger partial charge in [0.05, 0.1) is 18.3 Å². The maximum atomic E-state index is 11.2. The fourth-order valence-electron chi connectivity index (χ4n) is 1.50. The predicted molar refractivity (Wildman–Crippen MR) is 59.5 cm³/mol. The Morgan fingerprint density at radius 3 is 2.80 bits per heavy atom. The van der Waals surface area contributed by atoms with E-state index in [-0.39, 0.29) is 11.8 Å². The van der Waals surface area contributed by atoms with Crippen LogP contribution in [0.4, 0.5) is 5.82 Å². The SMILES string of the molecule is CNC(=O)C1CN(c2cnc(Br)cn2)C1. The molecule has 1 fully saturated rings. The number of aromatic nitrogens is 2. The molecule has 80 valence electrons. The van der Waals surface area contributed by atoms with Crippen LogP contribution >= 0.6 is 15.9 Å². The van der Waals surface area contributed by atoms with Crippen LogP contribution in [0.2, 0.25) is 0 Å². The van der Waals surface area contributed by atoms with Crippen LogP contribution in [0.3, 0.4) is 0 Å². The minimum atomic E-state index is 0.0837. The summed E-state index contributed by atoms with van der Waals surface area (Å²) in [6.45, 7) is 1.44. The molecule has 1 aromatic rings. The van der Waals surface area contributed by atoms with Crippen LogP contribution in [-0.2, 0) is 4.79 Å². The quantitative estimate of drug-likeness (QED) is 0.847. The van der Waals surface area contributed by atoms with Crippen LogP contribution in [0.5, 0.6) is 0 Å². The molecule has 0 aromatic carbocycles. The van der Waals surface area contributed by atoms with E-state index in [0.29, 0.717) is 0 Å². The van der Waals surface area contributed by atoms with E-state index in [1.54, 1.807) is 19.4 Å². The summed E-state index contributed by atoms with van der Waals surface area (Å²) in [5.74, 6) is 0.995. The Balaban J connectivity index is 1.94. The second kappa shape index (κ2) is 4.14. The molecule has 1 amide bonds. The first-order valence-corrected chi connectivity index (χ1v) is 5.44. The van der Waals surface area contributed by atoms with Crippen LogP contribution in [0, 0.1) is 5.92 Å². The molecule has 0 unspecified atom stereocenters. The van der Waals surface area contributed by atoms with Gasteiger partial charge in [-0.3, -0.25) is 4.79 Å². The molecular weight excluding hydrogens is 260 g/mol. The van der Waals surface area contributed by atoms with Gasteiger partial charge in [0.15, 0.2) is 0 Å². The summed E-state index contributed by atoms with van der Waals surface area (Å²) in [7, 11) is 1.66. The Morgan fingerprint density at radius 2 is 2.27 bits per heavy atom. The maximum absolute atomic E-state index is 11.2. The average Bonchev–Trinajstić information content (AvgIpc) is 2.18. The smallest absolute Gasteiger partial charge is 0.226 e. The normalized spacial score (nSPS) is 16.0. The number of hydrogen-bond acceptors (Lipinski definition) is 4. The largest absolute Gasteiger partial charge is 0.359 e. The van der Waals surface area contributed by atoms with Crippen molar-refractivity contribution < 1.29 is 4.79 Å². The molecule has 0 spiro atoms. The molecule has 5 nitrogen and oxygen atoms in total. The number of nitrogens with one attached hydrogen (secondary N) is 1. The fraction of sp³-hybridized carbons (Fsp3) is 0.444. The lowest BCUT2D eigenvalue weighted by Gasteiger charge is -2.38. The van der Waals surface area contributed by atoms with Gasteiger partial charge in [0, 0.05) is 20.1 Å². The maximum Gasteiger partial charge on any atom is 0.226 e. The number of carbonyl (C=O) groups excluding carboxylic acids is 1. The standard InChI is InChI=1S/C9H11BrN4O/c1-11-9(15)6-4-14(5-6)8-3-12-7(10)2-13-8/h2-3,6H,4-5H2,1H3,(H,11,15). The molecule has 6 heteroatoms. The monoisotopic (exact) mass is 270 g/mol. The molecule has 2 rings (SSSR count). The molecule has 0 atom stereocenters. The highest BCUT2D eigenvalue weighted by atomic mass is 79.9. The Kier molecular flexibility index (Phi) is 2.86. The molecule has 0 saturated carbocycles. The van der Waals surface area contributed by atoms with Gasteiger partial charge in [-0.05, 0) is 15.9 Å². The van der Waals surface area contributed by atoms with E-state index in [1.165, 1.54) is 0 Å². The van der Waals surface area contributed by atoms with Gasteiger partial charge >= 0.3 is 0 Å². The second-order valence-corrected chi connectivity index (χ2v) is 4.23. The molecule has 1 N–H and O–H groups in total. The molecule has 2 heterocycles. The number of amides is 1. The summed E-state index contributed by atoms with van der Waals surface area (Å²) in [4.78, 5) is 21.6. The molecule has 0 bridgehead atoms. The van der Waals surface area contributed by atoms with E-state index >= 15 is 0 Å². The second-order valence-electron chi connectivity index (χ2n) is 3.41. The van der Waals surface area contributed by atoms with Crippen molar-refractivity contribution in [3.05, 3.63) is 17.0 Å². The first-order chi connectivity index (χ1) is 7.20. The predicted octanol–water partition coefficient (Wildman–Crippen LogP) is 0.421. The van der Waals surface area contributed by atoms with Crippen molar-refractivity contribution in [3.8, 4) is 0 Å². The lowest BCUT2D eigenvalue weighted by atomic mass is 9.99. The van der Waals surface area contributed by atoms with Gasteiger partial charge in [0.2, 0.25) is 5.91 Å². The van der Waals surface area contributed by atoms with E-state index in [1.807, 2.05) is 4.90 Å². The minimum Gasteiger partial charge on any atom is -0.359 e. The topological polar surface area (TPSA) is 58.1 Å². The molecule has 1 aliphatic heterocycles. The Hall–Kier alpha value is -1.17. The molecule has 1 saturated heterocycles. The highest BCUT2D eigenvalue weighted by Crippen LogP contribution is 2.22. The molecular formula is C9H11BrN4O. The van der Waals surface area contributed by atoms with Crippen LogP contribution in [0.25, 0.3) is 0 Å². The number of nitrogens with zero attached hydrogens (tertiary/aromatic N) is 3. The molecule has 1 aromatic heterocycles. The van der Waals surface area contributed by atoms with Crippen molar-refractivity contribution in [2.24, 2.45) is 5.92 Å². The van der Waals surface area contributed by atoms with Crippen LogP contribution < -0.4 is 10.2 Å². The lowest BCUT2D eigenvalue weighted by molar-refractivity contribution is -0.125.